The fourth-order valence-corrected chi connectivity index (χ4v) is 3.95. The van der Waals surface area contributed by atoms with E-state index in [1.165, 1.54) is 4.90 Å². The third-order valence-corrected chi connectivity index (χ3v) is 5.34. The third-order valence-electron chi connectivity index (χ3n) is 5.34. The second kappa shape index (κ2) is 8.04. The van der Waals surface area contributed by atoms with Gasteiger partial charge in [-0.2, -0.15) is 0 Å². The summed E-state index contributed by atoms with van der Waals surface area (Å²) in [5.41, 5.74) is -0.0567. The Morgan fingerprint density at radius 1 is 1.18 bits per heavy atom. The minimum absolute atomic E-state index is 0.168. The van der Waals surface area contributed by atoms with Crippen LogP contribution in [-0.4, -0.2) is 49.9 Å². The molecule has 0 radical (unpaired) electrons. The summed E-state index contributed by atoms with van der Waals surface area (Å²) >= 11 is 0. The van der Waals surface area contributed by atoms with Gasteiger partial charge in [-0.1, -0.05) is 12.1 Å². The first kappa shape index (κ1) is 19.9. The van der Waals surface area contributed by atoms with Crippen molar-refractivity contribution in [2.75, 3.05) is 27.4 Å². The van der Waals surface area contributed by atoms with Gasteiger partial charge in [0.2, 0.25) is 5.78 Å². The highest BCUT2D eigenvalue weighted by molar-refractivity contribution is 6.46. The minimum Gasteiger partial charge on any atom is -0.493 e. The molecule has 150 valence electrons. The van der Waals surface area contributed by atoms with Gasteiger partial charge in [0.15, 0.2) is 16.9 Å². The number of methoxy groups -OCH3 is 2. The number of hydrogen-bond acceptors (Lipinski definition) is 6. The number of carbonyl (C=O) groups is 3. The van der Waals surface area contributed by atoms with E-state index in [4.69, 9.17) is 14.2 Å². The molecule has 1 saturated heterocycles. The summed E-state index contributed by atoms with van der Waals surface area (Å²) < 4.78 is 15.7. The number of esters is 1. The van der Waals surface area contributed by atoms with Crippen molar-refractivity contribution >= 4 is 17.7 Å². The lowest BCUT2D eigenvalue weighted by atomic mass is 9.75. The summed E-state index contributed by atoms with van der Waals surface area (Å²) in [5.74, 6) is -0.713. The zero-order chi connectivity index (χ0) is 20.3. The van der Waals surface area contributed by atoms with Crippen LogP contribution in [0.25, 0.3) is 0 Å². The van der Waals surface area contributed by atoms with Crippen molar-refractivity contribution in [2.24, 2.45) is 5.41 Å². The van der Waals surface area contributed by atoms with E-state index < -0.39 is 23.1 Å². The van der Waals surface area contributed by atoms with Gasteiger partial charge in [-0.3, -0.25) is 14.4 Å². The van der Waals surface area contributed by atoms with Crippen LogP contribution in [0.2, 0.25) is 0 Å². The number of allylic oxidation sites excluding steroid dienone is 1. The molecule has 1 aliphatic carbocycles. The molecule has 1 aromatic rings. The van der Waals surface area contributed by atoms with Gasteiger partial charge in [0.1, 0.15) is 0 Å². The first-order valence-electron chi connectivity index (χ1n) is 9.44. The molecule has 7 nitrogen and oxygen atoms in total. The van der Waals surface area contributed by atoms with Crippen molar-refractivity contribution in [2.45, 2.75) is 32.6 Å². The molecule has 1 unspecified atom stereocenters. The van der Waals surface area contributed by atoms with Gasteiger partial charge in [0.05, 0.1) is 20.8 Å². The van der Waals surface area contributed by atoms with Crippen molar-refractivity contribution in [3.05, 3.63) is 35.5 Å². The van der Waals surface area contributed by atoms with E-state index in [1.807, 2.05) is 18.2 Å². The molecule has 0 N–H and O–H groups in total. The van der Waals surface area contributed by atoms with Crippen LogP contribution in [0.3, 0.4) is 0 Å². The number of amides is 1. The molecule has 3 rings (SSSR count). The molecule has 2 aliphatic rings. The third kappa shape index (κ3) is 3.15. The zero-order valence-electron chi connectivity index (χ0n) is 16.4. The van der Waals surface area contributed by atoms with Gasteiger partial charge >= 0.3 is 5.97 Å². The number of fused-ring (bicyclic) bond motifs is 1. The molecule has 1 atom stereocenters. The fraction of sp³-hybridized carbons (Fsp3) is 0.476. The number of ketones is 1. The summed E-state index contributed by atoms with van der Waals surface area (Å²) in [5, 5.41) is 0. The number of Topliss-reactive ketones (excluding diaryl/α,β-unsaturated/α-hetero) is 1. The Labute approximate surface area is 164 Å². The van der Waals surface area contributed by atoms with Gasteiger partial charge in [-0.25, -0.2) is 0 Å². The van der Waals surface area contributed by atoms with Crippen LogP contribution >= 0.6 is 0 Å². The van der Waals surface area contributed by atoms with Crippen LogP contribution in [-0.2, 0) is 25.5 Å². The van der Waals surface area contributed by atoms with Crippen molar-refractivity contribution in [1.82, 2.24) is 4.90 Å². The van der Waals surface area contributed by atoms with Crippen LogP contribution in [0, 0.1) is 5.41 Å². The second-order valence-electron chi connectivity index (χ2n) is 6.83. The Hall–Kier alpha value is -2.83. The average molecular weight is 387 g/mol. The van der Waals surface area contributed by atoms with E-state index in [0.717, 1.165) is 12.0 Å². The summed E-state index contributed by atoms with van der Waals surface area (Å²) in [4.78, 5) is 39.6. The number of benzene rings is 1. The average Bonchev–Trinajstić information content (AvgIpc) is 2.94. The molecule has 28 heavy (non-hydrogen) atoms. The zero-order valence-corrected chi connectivity index (χ0v) is 16.4. The lowest BCUT2D eigenvalue weighted by Gasteiger charge is -2.31. The lowest BCUT2D eigenvalue weighted by molar-refractivity contribution is -0.158. The minimum atomic E-state index is -1.47. The molecule has 1 aromatic carbocycles. The predicted octanol–water partition coefficient (Wildman–Crippen LogP) is 2.27. The number of carbonyl (C=O) groups excluding carboxylic acids is 3. The van der Waals surface area contributed by atoms with E-state index >= 15 is 0 Å². The largest absolute Gasteiger partial charge is 0.493 e. The number of nitrogens with zero attached hydrogens (tertiary/aromatic N) is 1. The maximum absolute atomic E-state index is 12.8. The second-order valence-corrected chi connectivity index (χ2v) is 6.83. The fourth-order valence-electron chi connectivity index (χ4n) is 3.95. The van der Waals surface area contributed by atoms with E-state index in [2.05, 4.69) is 0 Å². The van der Waals surface area contributed by atoms with Crippen LogP contribution in [0.1, 0.15) is 31.7 Å². The summed E-state index contributed by atoms with van der Waals surface area (Å²) in [6.45, 7) is 2.16. The Morgan fingerprint density at radius 3 is 2.61 bits per heavy atom. The summed E-state index contributed by atoms with van der Waals surface area (Å²) in [7, 11) is 3.13. The molecular weight excluding hydrogens is 362 g/mol. The van der Waals surface area contributed by atoms with E-state index in [-0.39, 0.29) is 6.61 Å². The van der Waals surface area contributed by atoms with Crippen LogP contribution in [0.5, 0.6) is 11.5 Å². The van der Waals surface area contributed by atoms with Gasteiger partial charge in [-0.05, 0) is 50.3 Å². The maximum Gasteiger partial charge on any atom is 0.326 e. The standard InChI is InChI=1S/C21H25NO6/c1-4-28-20(25)21-11-6-5-7-17(21)22(19(24)18(21)23)12-10-14-8-9-15(26-2)16(13-14)27-3/h7-9,13H,4-6,10-12H2,1-3H3. The molecule has 0 saturated carbocycles. The summed E-state index contributed by atoms with van der Waals surface area (Å²) in [6, 6.07) is 5.53. The molecule has 7 heteroatoms. The number of hydrogen-bond donors (Lipinski definition) is 0. The highest BCUT2D eigenvalue weighted by Gasteiger charge is 2.61. The number of ether oxygens (including phenoxy) is 3. The van der Waals surface area contributed by atoms with Gasteiger partial charge in [0, 0.05) is 12.2 Å². The van der Waals surface area contributed by atoms with Crippen LogP contribution in [0.4, 0.5) is 0 Å². The van der Waals surface area contributed by atoms with Crippen LogP contribution < -0.4 is 9.47 Å². The van der Waals surface area contributed by atoms with Crippen molar-refractivity contribution in [3.8, 4) is 11.5 Å². The monoisotopic (exact) mass is 387 g/mol. The van der Waals surface area contributed by atoms with E-state index in [0.29, 0.717) is 43.0 Å². The number of likely N-dealkylation sites (tertiary alicyclic amines) is 1. The molecule has 1 aliphatic heterocycles. The first-order chi connectivity index (χ1) is 13.5. The Kier molecular flexibility index (Phi) is 5.72. The number of rotatable bonds is 7. The van der Waals surface area contributed by atoms with Crippen molar-refractivity contribution < 1.29 is 28.6 Å². The predicted molar refractivity (Wildman–Crippen MR) is 101 cm³/mol. The maximum atomic E-state index is 12.8. The van der Waals surface area contributed by atoms with Gasteiger partial charge < -0.3 is 19.1 Å². The van der Waals surface area contributed by atoms with Crippen molar-refractivity contribution in [1.29, 1.82) is 0 Å². The summed E-state index contributed by atoms with van der Waals surface area (Å²) in [6.07, 6.45) is 4.05. The Morgan fingerprint density at radius 2 is 1.93 bits per heavy atom. The van der Waals surface area contributed by atoms with Crippen LogP contribution in [0.15, 0.2) is 30.0 Å². The highest BCUT2D eigenvalue weighted by Crippen LogP contribution is 2.46. The van der Waals surface area contributed by atoms with E-state index in [1.54, 1.807) is 27.2 Å². The normalized spacial score (nSPS) is 21.2. The highest BCUT2D eigenvalue weighted by atomic mass is 16.5. The smallest absolute Gasteiger partial charge is 0.326 e. The molecule has 1 amide bonds. The van der Waals surface area contributed by atoms with Crippen molar-refractivity contribution in [3.63, 3.8) is 0 Å². The van der Waals surface area contributed by atoms with Gasteiger partial charge in [-0.15, -0.1) is 0 Å². The quantitative estimate of drug-likeness (QED) is 0.406. The Bertz CT molecular complexity index is 830. The topological polar surface area (TPSA) is 82.1 Å². The first-order valence-corrected chi connectivity index (χ1v) is 9.44. The molecule has 1 fully saturated rings. The molecule has 0 aromatic heterocycles. The SMILES string of the molecule is CCOC(=O)C12CCCC=C1N(CCc1ccc(OC)c(OC)c1)C(=O)C2=O. The van der Waals surface area contributed by atoms with E-state index in [9.17, 15) is 14.4 Å². The molecular formula is C21H25NO6. The molecule has 0 bridgehead atoms. The molecule has 1 heterocycles. The van der Waals surface area contributed by atoms with Gasteiger partial charge in [0.25, 0.3) is 5.91 Å². The molecule has 0 spiro atoms. The Balaban J connectivity index is 1.85. The lowest BCUT2D eigenvalue weighted by Crippen LogP contribution is -2.41.